The van der Waals surface area contributed by atoms with E-state index in [-0.39, 0.29) is 48.2 Å². The molecule has 2 N–H and O–H groups in total. The van der Waals surface area contributed by atoms with E-state index >= 15 is 4.39 Å². The lowest BCUT2D eigenvalue weighted by Crippen LogP contribution is -2.54. The number of nitrogens with one attached hydrogen (secondary N) is 2. The Bertz CT molecular complexity index is 1540. The highest BCUT2D eigenvalue weighted by molar-refractivity contribution is 7.89. The van der Waals surface area contributed by atoms with Gasteiger partial charge in [0.15, 0.2) is 0 Å². The summed E-state index contributed by atoms with van der Waals surface area (Å²) >= 11 is 0. The Kier molecular flexibility index (Phi) is 9.78. The highest BCUT2D eigenvalue weighted by atomic mass is 32.2. The number of allylic oxidation sites excluding steroid dienone is 6. The summed E-state index contributed by atoms with van der Waals surface area (Å²) in [5, 5.41) is 5.93. The highest BCUT2D eigenvalue weighted by Gasteiger charge is 2.36. The van der Waals surface area contributed by atoms with E-state index in [0.29, 0.717) is 37.2 Å². The van der Waals surface area contributed by atoms with Crippen molar-refractivity contribution in [1.29, 1.82) is 0 Å². The molecule has 2 heterocycles. The second kappa shape index (κ2) is 13.5. The molecule has 2 fully saturated rings. The number of benzene rings is 1. The number of piperazine rings is 1. The molecule has 1 aromatic carbocycles. The molecule has 7 nitrogen and oxygen atoms in total. The first-order valence-corrected chi connectivity index (χ1v) is 16.0. The van der Waals surface area contributed by atoms with Crippen LogP contribution >= 0.6 is 0 Å². The molecule has 12 heteroatoms. The van der Waals surface area contributed by atoms with E-state index in [1.807, 2.05) is 0 Å². The van der Waals surface area contributed by atoms with Crippen LogP contribution in [0.4, 0.5) is 23.2 Å². The summed E-state index contributed by atoms with van der Waals surface area (Å²) < 4.78 is 84.5. The molecule has 5 rings (SSSR count). The monoisotopic (exact) mass is 618 g/mol. The maximum absolute atomic E-state index is 15.1. The number of sulfonamides is 1. The van der Waals surface area contributed by atoms with Gasteiger partial charge in [-0.05, 0) is 67.9 Å². The third-order valence-electron chi connectivity index (χ3n) is 8.04. The smallest absolute Gasteiger partial charge is 0.225 e. The highest BCUT2D eigenvalue weighted by Crippen LogP contribution is 2.35. The lowest BCUT2D eigenvalue weighted by molar-refractivity contribution is -0.116. The maximum atomic E-state index is 15.1. The van der Waals surface area contributed by atoms with Crippen molar-refractivity contribution in [2.24, 2.45) is 5.92 Å². The standard InChI is InChI=1S/C31H34F4N4O3S/c32-23-6-3-21(4-7-23)28(22-5-8-24(33)14-25(34)13-22)15-31(40)38-30-18-37-17-29(35)27(30)10-9-26-16-36-11-12-39(26)43(41,42)19-20-1-2-20/h3-4,6-8,13-14,17-18,20,26,28,36H,1-2,5,9-12,15-16,19H2,(H,38,40)/t26-,28-/m0/s1. The van der Waals surface area contributed by atoms with Crippen LogP contribution in [0.25, 0.3) is 0 Å². The number of carbonyl (C=O) groups is 1. The number of halogens is 4. The molecule has 2 aromatic rings. The van der Waals surface area contributed by atoms with Crippen molar-refractivity contribution < 1.29 is 30.8 Å². The number of amides is 1. The first-order chi connectivity index (χ1) is 20.6. The maximum Gasteiger partial charge on any atom is 0.225 e. The van der Waals surface area contributed by atoms with Crippen LogP contribution in [-0.2, 0) is 21.2 Å². The van der Waals surface area contributed by atoms with Gasteiger partial charge in [-0.2, -0.15) is 4.31 Å². The number of anilines is 1. The Labute approximate surface area is 248 Å². The third-order valence-corrected chi connectivity index (χ3v) is 10.1. The Morgan fingerprint density at radius 3 is 2.58 bits per heavy atom. The number of carbonyl (C=O) groups excluding carboxylic acids is 1. The summed E-state index contributed by atoms with van der Waals surface area (Å²) in [6, 6.07) is 5.05. The molecule has 1 amide bonds. The number of nitrogens with zero attached hydrogens (tertiary/aromatic N) is 2. The molecule has 230 valence electrons. The zero-order valence-electron chi connectivity index (χ0n) is 23.5. The first-order valence-electron chi connectivity index (χ1n) is 14.4. The summed E-state index contributed by atoms with van der Waals surface area (Å²) in [6.45, 7) is 1.32. The van der Waals surface area contributed by atoms with E-state index in [0.717, 1.165) is 25.1 Å². The fourth-order valence-electron chi connectivity index (χ4n) is 5.64. The van der Waals surface area contributed by atoms with Crippen molar-refractivity contribution in [1.82, 2.24) is 14.6 Å². The van der Waals surface area contributed by atoms with Gasteiger partial charge in [-0.15, -0.1) is 0 Å². The van der Waals surface area contributed by atoms with Gasteiger partial charge < -0.3 is 10.6 Å². The molecular weight excluding hydrogens is 584 g/mol. The number of rotatable bonds is 11. The van der Waals surface area contributed by atoms with E-state index in [1.54, 1.807) is 0 Å². The molecule has 3 aliphatic rings. The zero-order chi connectivity index (χ0) is 30.6. The molecule has 0 radical (unpaired) electrons. The van der Waals surface area contributed by atoms with Crippen molar-refractivity contribution in [3.05, 3.63) is 94.9 Å². The minimum Gasteiger partial charge on any atom is -0.324 e. The van der Waals surface area contributed by atoms with E-state index in [1.165, 1.54) is 46.9 Å². The second-order valence-corrected chi connectivity index (χ2v) is 13.2. The first kappa shape index (κ1) is 31.1. The molecule has 0 spiro atoms. The lowest BCUT2D eigenvalue weighted by Gasteiger charge is -2.35. The largest absolute Gasteiger partial charge is 0.324 e. The predicted octanol–water partition coefficient (Wildman–Crippen LogP) is 5.46. The second-order valence-electron chi connectivity index (χ2n) is 11.3. The van der Waals surface area contributed by atoms with Crippen LogP contribution in [0.1, 0.15) is 49.1 Å². The summed E-state index contributed by atoms with van der Waals surface area (Å²) in [7, 11) is -3.45. The van der Waals surface area contributed by atoms with Crippen LogP contribution in [0.15, 0.2) is 72.1 Å². The number of hydrogen-bond acceptors (Lipinski definition) is 5. The van der Waals surface area contributed by atoms with Crippen molar-refractivity contribution in [3.8, 4) is 0 Å². The van der Waals surface area contributed by atoms with E-state index in [9.17, 15) is 26.4 Å². The van der Waals surface area contributed by atoms with Gasteiger partial charge in [0.1, 0.15) is 23.3 Å². The van der Waals surface area contributed by atoms with Gasteiger partial charge >= 0.3 is 0 Å². The molecular formula is C31H34F4N4O3S. The van der Waals surface area contributed by atoms with Crippen molar-refractivity contribution in [3.63, 3.8) is 0 Å². The van der Waals surface area contributed by atoms with Crippen LogP contribution in [0.3, 0.4) is 0 Å². The fourth-order valence-corrected chi connectivity index (χ4v) is 7.76. The minimum atomic E-state index is -3.45. The zero-order valence-corrected chi connectivity index (χ0v) is 24.4. The fraction of sp³-hybridized carbons (Fsp3) is 0.419. The topological polar surface area (TPSA) is 91.4 Å². The average Bonchev–Trinajstić information content (AvgIpc) is 3.79. The Hall–Kier alpha value is -3.35. The SMILES string of the molecule is O=C(C[C@H](C1=CC(F)=CC(F)=CC1)c1ccc(F)cc1)Nc1cncc(F)c1CC[C@H]1CNCCN1S(=O)(=O)CC1CC1. The van der Waals surface area contributed by atoms with Crippen LogP contribution in [-0.4, -0.2) is 55.0 Å². The number of aromatic nitrogens is 1. The molecule has 0 bridgehead atoms. The van der Waals surface area contributed by atoms with Gasteiger partial charge in [-0.3, -0.25) is 9.78 Å². The van der Waals surface area contributed by atoms with Gasteiger partial charge in [0.2, 0.25) is 15.9 Å². The Balaban J connectivity index is 1.32. The van der Waals surface area contributed by atoms with Crippen LogP contribution in [0, 0.1) is 17.6 Å². The average molecular weight is 619 g/mol. The van der Waals surface area contributed by atoms with Crippen LogP contribution in [0.5, 0.6) is 0 Å². The molecule has 1 aliphatic heterocycles. The van der Waals surface area contributed by atoms with Crippen LogP contribution < -0.4 is 10.6 Å². The van der Waals surface area contributed by atoms with E-state index in [4.69, 9.17) is 0 Å². The summed E-state index contributed by atoms with van der Waals surface area (Å²) in [5.41, 5.74) is 1.28. The summed E-state index contributed by atoms with van der Waals surface area (Å²) in [6.07, 6.45) is 7.63. The van der Waals surface area contributed by atoms with Gasteiger partial charge in [-0.25, -0.2) is 26.0 Å². The lowest BCUT2D eigenvalue weighted by atomic mass is 9.86. The Morgan fingerprint density at radius 2 is 1.84 bits per heavy atom. The van der Waals surface area contributed by atoms with Gasteiger partial charge in [0, 0.05) is 49.7 Å². The minimum absolute atomic E-state index is 0.0351. The molecule has 2 atom stereocenters. The summed E-state index contributed by atoms with van der Waals surface area (Å²) in [4.78, 5) is 17.2. The predicted molar refractivity (Wildman–Crippen MR) is 156 cm³/mol. The molecule has 1 saturated carbocycles. The quantitative estimate of drug-likeness (QED) is 0.327. The normalized spacial score (nSPS) is 20.5. The van der Waals surface area contributed by atoms with Crippen molar-refractivity contribution >= 4 is 21.6 Å². The summed E-state index contributed by atoms with van der Waals surface area (Å²) in [5.74, 6) is -3.59. The third kappa shape index (κ3) is 8.18. The Morgan fingerprint density at radius 1 is 1.07 bits per heavy atom. The number of pyridine rings is 1. The molecule has 2 aliphatic carbocycles. The van der Waals surface area contributed by atoms with Crippen molar-refractivity contribution in [2.75, 3.05) is 30.7 Å². The molecule has 0 unspecified atom stereocenters. The van der Waals surface area contributed by atoms with Gasteiger partial charge in [0.25, 0.3) is 0 Å². The number of hydrogen-bond donors (Lipinski definition) is 2. The molecule has 1 saturated heterocycles. The van der Waals surface area contributed by atoms with Gasteiger partial charge in [0.05, 0.1) is 23.8 Å². The molecule has 1 aromatic heterocycles. The van der Waals surface area contributed by atoms with E-state index in [2.05, 4.69) is 15.6 Å². The van der Waals surface area contributed by atoms with E-state index < -0.39 is 45.1 Å². The van der Waals surface area contributed by atoms with Crippen LogP contribution in [0.2, 0.25) is 0 Å². The van der Waals surface area contributed by atoms with Crippen molar-refractivity contribution in [2.45, 2.75) is 50.5 Å². The van der Waals surface area contributed by atoms with Gasteiger partial charge in [-0.1, -0.05) is 17.7 Å². The molecule has 43 heavy (non-hydrogen) atoms.